The van der Waals surface area contributed by atoms with Crippen molar-refractivity contribution in [2.45, 2.75) is 25.7 Å². The smallest absolute Gasteiger partial charge is 0.296 e. The monoisotopic (exact) mass is 470 g/mol. The molecule has 0 bridgehead atoms. The largest absolute Gasteiger partial charge is 0.501 e. The zero-order valence-electron chi connectivity index (χ0n) is 19.3. The third-order valence-electron chi connectivity index (χ3n) is 5.82. The van der Waals surface area contributed by atoms with Crippen molar-refractivity contribution in [2.24, 2.45) is 7.05 Å². The van der Waals surface area contributed by atoms with Crippen molar-refractivity contribution in [3.8, 4) is 11.8 Å². The summed E-state index contributed by atoms with van der Waals surface area (Å²) in [5.74, 6) is -2.22. The van der Waals surface area contributed by atoms with Gasteiger partial charge in [0.1, 0.15) is 17.8 Å². The third-order valence-corrected chi connectivity index (χ3v) is 5.82. The summed E-state index contributed by atoms with van der Waals surface area (Å²) >= 11 is 0. The van der Waals surface area contributed by atoms with Crippen molar-refractivity contribution in [3.05, 3.63) is 99.3 Å². The van der Waals surface area contributed by atoms with Gasteiger partial charge < -0.3 is 14.9 Å². The van der Waals surface area contributed by atoms with Crippen LogP contribution in [0, 0.1) is 18.3 Å². The lowest BCUT2D eigenvalue weighted by molar-refractivity contribution is 0.101. The number of carbonyl (C=O) groups excluding carboxylic acids is 1. The SMILES string of the molecule is Cc1ccc([C@H](c2ccccc2C#N)[C@@H](C)c2nc(C(=O)Nc3cnoc3)c(O)c(=O)n2C)cn1. The van der Waals surface area contributed by atoms with Gasteiger partial charge in [0.05, 0.1) is 17.8 Å². The number of carbonyl (C=O) groups is 1. The second-order valence-electron chi connectivity index (χ2n) is 8.10. The molecule has 10 nitrogen and oxygen atoms in total. The maximum absolute atomic E-state index is 12.9. The Morgan fingerprint density at radius 1 is 1.23 bits per heavy atom. The second-order valence-corrected chi connectivity index (χ2v) is 8.10. The zero-order chi connectivity index (χ0) is 25.1. The van der Waals surface area contributed by atoms with Crippen LogP contribution in [-0.4, -0.2) is 30.7 Å². The quantitative estimate of drug-likeness (QED) is 0.436. The van der Waals surface area contributed by atoms with Crippen LogP contribution in [-0.2, 0) is 7.05 Å². The van der Waals surface area contributed by atoms with Crippen LogP contribution < -0.4 is 10.9 Å². The van der Waals surface area contributed by atoms with Gasteiger partial charge in [-0.25, -0.2) is 4.98 Å². The fraction of sp³-hybridized carbons (Fsp3) is 0.200. The number of benzene rings is 1. The number of hydrogen-bond acceptors (Lipinski definition) is 8. The number of aromatic nitrogens is 4. The molecule has 0 saturated heterocycles. The first-order chi connectivity index (χ1) is 16.8. The molecule has 0 saturated carbocycles. The lowest BCUT2D eigenvalue weighted by Gasteiger charge is -2.27. The van der Waals surface area contributed by atoms with Gasteiger partial charge >= 0.3 is 0 Å². The highest BCUT2D eigenvalue weighted by molar-refractivity contribution is 6.04. The van der Waals surface area contributed by atoms with Crippen molar-refractivity contribution < 1.29 is 14.4 Å². The van der Waals surface area contributed by atoms with Crippen molar-refractivity contribution in [3.63, 3.8) is 0 Å². The molecule has 1 aromatic carbocycles. The van der Waals surface area contributed by atoms with Gasteiger partial charge in [-0.2, -0.15) is 5.26 Å². The van der Waals surface area contributed by atoms with E-state index in [-0.39, 0.29) is 11.5 Å². The summed E-state index contributed by atoms with van der Waals surface area (Å²) in [4.78, 5) is 34.5. The van der Waals surface area contributed by atoms with Gasteiger partial charge in [-0.1, -0.05) is 36.3 Å². The molecule has 3 heterocycles. The van der Waals surface area contributed by atoms with Crippen molar-refractivity contribution >= 4 is 11.6 Å². The Bertz CT molecular complexity index is 1470. The van der Waals surface area contributed by atoms with Gasteiger partial charge in [0.25, 0.3) is 11.5 Å². The number of amides is 1. The van der Waals surface area contributed by atoms with Crippen LogP contribution in [0.3, 0.4) is 0 Å². The highest BCUT2D eigenvalue weighted by Gasteiger charge is 2.30. The van der Waals surface area contributed by atoms with Crippen LogP contribution in [0.25, 0.3) is 0 Å². The van der Waals surface area contributed by atoms with Crippen LogP contribution in [0.2, 0.25) is 0 Å². The summed E-state index contributed by atoms with van der Waals surface area (Å²) in [5.41, 5.74) is 1.89. The minimum atomic E-state index is -0.789. The van der Waals surface area contributed by atoms with E-state index in [1.807, 2.05) is 38.1 Å². The first kappa shape index (κ1) is 23.4. The van der Waals surface area contributed by atoms with Crippen LogP contribution in [0.4, 0.5) is 5.69 Å². The van der Waals surface area contributed by atoms with E-state index in [1.165, 1.54) is 24.1 Å². The van der Waals surface area contributed by atoms with Gasteiger partial charge in [-0.3, -0.25) is 19.1 Å². The fourth-order valence-electron chi connectivity index (χ4n) is 4.05. The Balaban J connectivity index is 1.86. The lowest BCUT2D eigenvalue weighted by atomic mass is 9.79. The van der Waals surface area contributed by atoms with Gasteiger partial charge in [0.15, 0.2) is 5.69 Å². The van der Waals surface area contributed by atoms with Crippen molar-refractivity contribution in [2.75, 3.05) is 5.32 Å². The summed E-state index contributed by atoms with van der Waals surface area (Å²) in [6.07, 6.45) is 4.21. The van der Waals surface area contributed by atoms with Gasteiger partial charge in [0.2, 0.25) is 5.75 Å². The predicted octanol–water partition coefficient (Wildman–Crippen LogP) is 3.24. The molecule has 3 aromatic heterocycles. The minimum Gasteiger partial charge on any atom is -0.501 e. The molecule has 35 heavy (non-hydrogen) atoms. The fourth-order valence-corrected chi connectivity index (χ4v) is 4.05. The Morgan fingerprint density at radius 2 is 2.00 bits per heavy atom. The average Bonchev–Trinajstić information content (AvgIpc) is 3.37. The van der Waals surface area contributed by atoms with E-state index in [0.29, 0.717) is 5.56 Å². The summed E-state index contributed by atoms with van der Waals surface area (Å²) in [6, 6.07) is 13.2. The molecular weight excluding hydrogens is 448 g/mol. The van der Waals surface area contributed by atoms with Crippen molar-refractivity contribution in [1.82, 2.24) is 19.7 Å². The molecule has 0 unspecified atom stereocenters. The Hall–Kier alpha value is -4.78. The molecule has 0 spiro atoms. The summed E-state index contributed by atoms with van der Waals surface area (Å²) in [7, 11) is 1.48. The molecule has 0 aliphatic rings. The van der Waals surface area contributed by atoms with Crippen LogP contribution >= 0.6 is 0 Å². The van der Waals surface area contributed by atoms with Crippen LogP contribution in [0.5, 0.6) is 5.75 Å². The molecule has 0 aliphatic carbocycles. The molecule has 176 valence electrons. The molecule has 2 N–H and O–H groups in total. The van der Waals surface area contributed by atoms with E-state index in [4.69, 9.17) is 4.52 Å². The summed E-state index contributed by atoms with van der Waals surface area (Å²) < 4.78 is 5.91. The number of nitrogens with zero attached hydrogens (tertiary/aromatic N) is 5. The number of pyridine rings is 1. The van der Waals surface area contributed by atoms with E-state index in [1.54, 1.807) is 18.3 Å². The minimum absolute atomic E-state index is 0.248. The van der Waals surface area contributed by atoms with E-state index >= 15 is 0 Å². The summed E-state index contributed by atoms with van der Waals surface area (Å²) in [6.45, 7) is 3.72. The third kappa shape index (κ3) is 4.52. The summed E-state index contributed by atoms with van der Waals surface area (Å²) in [5, 5.41) is 26.2. The maximum atomic E-state index is 12.9. The molecule has 10 heteroatoms. The zero-order valence-corrected chi connectivity index (χ0v) is 19.3. The number of hydrogen-bond donors (Lipinski definition) is 2. The predicted molar refractivity (Wildman–Crippen MR) is 126 cm³/mol. The molecule has 4 aromatic rings. The van der Waals surface area contributed by atoms with E-state index in [2.05, 4.69) is 26.5 Å². The molecule has 0 fully saturated rings. The first-order valence-electron chi connectivity index (χ1n) is 10.7. The molecule has 2 atom stereocenters. The van der Waals surface area contributed by atoms with E-state index < -0.39 is 34.7 Å². The first-order valence-corrected chi connectivity index (χ1v) is 10.7. The van der Waals surface area contributed by atoms with E-state index in [0.717, 1.165) is 16.8 Å². The van der Waals surface area contributed by atoms with Crippen molar-refractivity contribution in [1.29, 1.82) is 5.26 Å². The molecular formula is C25H22N6O4. The van der Waals surface area contributed by atoms with Gasteiger partial charge in [-0.05, 0) is 30.2 Å². The lowest BCUT2D eigenvalue weighted by Crippen LogP contribution is -2.29. The standard InChI is InChI=1S/C25H22N6O4/c1-14-8-9-17(11-27-14)20(19-7-5-4-6-16(19)10-26)15(2)23-30-21(22(32)25(34)31(23)3)24(33)29-18-12-28-35-13-18/h4-9,11-13,15,20,32H,1-3H3,(H,29,33)/t15-,20-/m1/s1. The topological polar surface area (TPSA) is 147 Å². The van der Waals surface area contributed by atoms with Gasteiger partial charge in [-0.15, -0.1) is 0 Å². The number of nitrogens with one attached hydrogen (secondary N) is 1. The number of anilines is 1. The van der Waals surface area contributed by atoms with Crippen LogP contribution in [0.1, 0.15) is 57.5 Å². The van der Waals surface area contributed by atoms with Gasteiger partial charge in [0, 0.05) is 30.8 Å². The maximum Gasteiger partial charge on any atom is 0.296 e. The Labute approximate surface area is 200 Å². The van der Waals surface area contributed by atoms with Crippen LogP contribution in [0.15, 0.2) is 64.4 Å². The molecule has 4 rings (SSSR count). The molecule has 1 amide bonds. The Morgan fingerprint density at radius 3 is 2.66 bits per heavy atom. The second kappa shape index (κ2) is 9.61. The number of rotatable bonds is 6. The number of aryl methyl sites for hydroxylation is 1. The number of nitriles is 1. The average molecular weight is 470 g/mol. The molecule has 0 aliphatic heterocycles. The highest BCUT2D eigenvalue weighted by atomic mass is 16.5. The Kier molecular flexibility index (Phi) is 6.42. The normalized spacial score (nSPS) is 12.5. The van der Waals surface area contributed by atoms with E-state index in [9.17, 15) is 20.0 Å². The number of aromatic hydroxyl groups is 1. The highest BCUT2D eigenvalue weighted by Crippen LogP contribution is 2.39. The molecule has 0 radical (unpaired) electrons.